The summed E-state index contributed by atoms with van der Waals surface area (Å²) in [5, 5.41) is 0.432. The highest BCUT2D eigenvalue weighted by Crippen LogP contribution is 2.14. The average Bonchev–Trinajstić information content (AvgIpc) is 1.94. The van der Waals surface area contributed by atoms with Gasteiger partial charge in [-0.05, 0) is 13.8 Å². The summed E-state index contributed by atoms with van der Waals surface area (Å²) in [5.74, 6) is 0. The Kier molecular flexibility index (Phi) is 1.90. The Labute approximate surface area is 65.3 Å². The summed E-state index contributed by atoms with van der Waals surface area (Å²) in [5.41, 5.74) is -0.0762. The lowest BCUT2D eigenvalue weighted by Gasteiger charge is -2.08. The predicted octanol–water partition coefficient (Wildman–Crippen LogP) is 2.21. The Morgan fingerprint density at radius 1 is 1.40 bits per heavy atom. The van der Waals surface area contributed by atoms with Crippen LogP contribution >= 0.6 is 11.6 Å². The normalized spacial score (nSPS) is 22.1. The molecule has 0 aromatic carbocycles. The molecule has 0 radical (unpaired) electrons. The Balaban J connectivity index is 2.88. The molecule has 2 nitrogen and oxygen atoms in total. The Bertz CT molecular complexity index is 214. The maximum Gasteiger partial charge on any atom is 0.146 e. The number of aliphatic imine (C=N–C) groups is 2. The molecule has 0 fully saturated rings. The van der Waals surface area contributed by atoms with Gasteiger partial charge in [-0.2, -0.15) is 0 Å². The zero-order valence-corrected chi connectivity index (χ0v) is 6.76. The minimum absolute atomic E-state index is 0.0762. The van der Waals surface area contributed by atoms with Crippen LogP contribution in [-0.4, -0.2) is 12.4 Å². The molecule has 0 atom stereocenters. The van der Waals surface area contributed by atoms with Gasteiger partial charge in [-0.25, -0.2) is 4.99 Å². The molecule has 0 unspecified atom stereocenters. The van der Waals surface area contributed by atoms with Crippen LogP contribution in [0.1, 0.15) is 13.8 Å². The molecule has 0 bridgehead atoms. The molecule has 54 valence electrons. The molecular formula is C7H9ClN2. The van der Waals surface area contributed by atoms with Crippen molar-refractivity contribution in [2.45, 2.75) is 13.8 Å². The topological polar surface area (TPSA) is 24.7 Å². The lowest BCUT2D eigenvalue weighted by molar-refractivity contribution is 0.767. The molecule has 1 aliphatic rings. The molecule has 0 aromatic rings. The fraction of sp³-hybridized carbons (Fsp3) is 0.429. The van der Waals surface area contributed by atoms with Crippen molar-refractivity contribution < 1.29 is 0 Å². The summed E-state index contributed by atoms with van der Waals surface area (Å²) in [6.45, 7) is 4.03. The third-order valence-electron chi connectivity index (χ3n) is 1.11. The number of hydrogen-bond donors (Lipinski definition) is 0. The van der Waals surface area contributed by atoms with Crippen molar-refractivity contribution in [3.8, 4) is 0 Å². The van der Waals surface area contributed by atoms with E-state index in [2.05, 4.69) is 9.98 Å². The minimum Gasteiger partial charge on any atom is -0.265 e. The molecule has 1 heterocycles. The van der Waals surface area contributed by atoms with E-state index in [9.17, 15) is 0 Å². The minimum atomic E-state index is -0.0762. The first-order chi connectivity index (χ1) is 4.60. The van der Waals surface area contributed by atoms with Crippen LogP contribution in [0.4, 0.5) is 0 Å². The van der Waals surface area contributed by atoms with Gasteiger partial charge in [0.2, 0.25) is 0 Å². The molecular weight excluding hydrogens is 148 g/mol. The Hall–Kier alpha value is -0.630. The fourth-order valence-corrected chi connectivity index (χ4v) is 0.691. The summed E-state index contributed by atoms with van der Waals surface area (Å²) < 4.78 is 0. The van der Waals surface area contributed by atoms with E-state index in [1.54, 1.807) is 6.21 Å². The first-order valence-corrected chi connectivity index (χ1v) is 3.43. The maximum absolute atomic E-state index is 5.60. The SMILES string of the molecule is CC1(C)C=NC=C(Cl)N=C1. The largest absolute Gasteiger partial charge is 0.265 e. The first-order valence-electron chi connectivity index (χ1n) is 3.05. The fourth-order valence-electron chi connectivity index (χ4n) is 0.586. The van der Waals surface area contributed by atoms with E-state index < -0.39 is 0 Å². The van der Waals surface area contributed by atoms with Crippen molar-refractivity contribution in [3.63, 3.8) is 0 Å². The van der Waals surface area contributed by atoms with Crippen molar-refractivity contribution in [2.75, 3.05) is 0 Å². The van der Waals surface area contributed by atoms with E-state index in [-0.39, 0.29) is 5.41 Å². The molecule has 0 spiro atoms. The van der Waals surface area contributed by atoms with Gasteiger partial charge in [-0.1, -0.05) is 11.6 Å². The smallest absolute Gasteiger partial charge is 0.146 e. The van der Waals surface area contributed by atoms with Crippen LogP contribution in [0.25, 0.3) is 0 Å². The second-order valence-corrected chi connectivity index (χ2v) is 3.20. The van der Waals surface area contributed by atoms with Gasteiger partial charge in [0.05, 0.1) is 6.20 Å². The number of nitrogens with zero attached hydrogens (tertiary/aromatic N) is 2. The molecule has 0 saturated heterocycles. The molecule has 1 rings (SSSR count). The van der Waals surface area contributed by atoms with Crippen molar-refractivity contribution in [2.24, 2.45) is 15.4 Å². The van der Waals surface area contributed by atoms with Gasteiger partial charge >= 0.3 is 0 Å². The van der Waals surface area contributed by atoms with E-state index in [1.807, 2.05) is 20.1 Å². The van der Waals surface area contributed by atoms with Crippen molar-refractivity contribution in [1.82, 2.24) is 0 Å². The van der Waals surface area contributed by atoms with Crippen LogP contribution in [-0.2, 0) is 0 Å². The summed E-state index contributed by atoms with van der Waals surface area (Å²) >= 11 is 5.60. The predicted molar refractivity (Wildman–Crippen MR) is 44.7 cm³/mol. The highest BCUT2D eigenvalue weighted by molar-refractivity contribution is 6.30. The molecule has 1 aliphatic heterocycles. The average molecular weight is 157 g/mol. The summed E-state index contributed by atoms with van der Waals surface area (Å²) in [6.07, 6.45) is 5.13. The zero-order valence-electron chi connectivity index (χ0n) is 6.00. The third-order valence-corrected chi connectivity index (χ3v) is 1.30. The summed E-state index contributed by atoms with van der Waals surface area (Å²) in [4.78, 5) is 7.91. The number of halogens is 1. The first kappa shape index (κ1) is 7.48. The van der Waals surface area contributed by atoms with E-state index in [0.717, 1.165) is 0 Å². The van der Waals surface area contributed by atoms with Gasteiger partial charge < -0.3 is 0 Å². The molecule has 0 aromatic heterocycles. The van der Waals surface area contributed by atoms with Crippen LogP contribution < -0.4 is 0 Å². The maximum atomic E-state index is 5.60. The van der Waals surface area contributed by atoms with Gasteiger partial charge in [-0.3, -0.25) is 4.99 Å². The monoisotopic (exact) mass is 156 g/mol. The van der Waals surface area contributed by atoms with Crippen molar-refractivity contribution in [3.05, 3.63) is 11.4 Å². The van der Waals surface area contributed by atoms with Gasteiger partial charge in [0.15, 0.2) is 0 Å². The molecule has 10 heavy (non-hydrogen) atoms. The molecule has 0 saturated carbocycles. The Morgan fingerprint density at radius 2 is 2.10 bits per heavy atom. The second-order valence-electron chi connectivity index (χ2n) is 2.81. The standard InChI is InChI=1S/C7H9ClN2/c1-7(2)4-9-3-6(8)10-5-7/h3-5H,1-2H3. The third kappa shape index (κ3) is 1.95. The van der Waals surface area contributed by atoms with Gasteiger partial charge in [0.25, 0.3) is 0 Å². The van der Waals surface area contributed by atoms with E-state index in [0.29, 0.717) is 5.16 Å². The second kappa shape index (κ2) is 2.54. The highest BCUT2D eigenvalue weighted by atomic mass is 35.5. The molecule has 0 aliphatic carbocycles. The Morgan fingerprint density at radius 3 is 2.80 bits per heavy atom. The molecule has 3 heteroatoms. The van der Waals surface area contributed by atoms with E-state index >= 15 is 0 Å². The lowest BCUT2D eigenvalue weighted by Crippen LogP contribution is -2.13. The van der Waals surface area contributed by atoms with E-state index in [4.69, 9.17) is 11.6 Å². The quantitative estimate of drug-likeness (QED) is 0.481. The van der Waals surface area contributed by atoms with Gasteiger partial charge in [-0.15, -0.1) is 0 Å². The van der Waals surface area contributed by atoms with Crippen molar-refractivity contribution >= 4 is 24.0 Å². The van der Waals surface area contributed by atoms with Crippen molar-refractivity contribution in [1.29, 1.82) is 0 Å². The van der Waals surface area contributed by atoms with Crippen LogP contribution in [0.2, 0.25) is 0 Å². The highest BCUT2D eigenvalue weighted by Gasteiger charge is 2.12. The molecule has 0 amide bonds. The summed E-state index contributed by atoms with van der Waals surface area (Å²) in [7, 11) is 0. The molecule has 0 N–H and O–H groups in total. The van der Waals surface area contributed by atoms with Crippen LogP contribution in [0.3, 0.4) is 0 Å². The van der Waals surface area contributed by atoms with Crippen LogP contribution in [0.5, 0.6) is 0 Å². The summed E-state index contributed by atoms with van der Waals surface area (Å²) in [6, 6.07) is 0. The van der Waals surface area contributed by atoms with Crippen LogP contribution in [0.15, 0.2) is 21.3 Å². The zero-order chi connectivity index (χ0) is 7.61. The van der Waals surface area contributed by atoms with Crippen LogP contribution in [0, 0.1) is 5.41 Å². The van der Waals surface area contributed by atoms with Gasteiger partial charge in [0, 0.05) is 17.8 Å². The number of rotatable bonds is 0. The lowest BCUT2D eigenvalue weighted by atomic mass is 9.98. The number of hydrogen-bond acceptors (Lipinski definition) is 2. The van der Waals surface area contributed by atoms with E-state index in [1.165, 1.54) is 6.20 Å². The van der Waals surface area contributed by atoms with Gasteiger partial charge in [0.1, 0.15) is 5.16 Å².